The molecule has 1 unspecified atom stereocenters. The first kappa shape index (κ1) is 18.1. The average Bonchev–Trinajstić information content (AvgIpc) is 2.55. The molecule has 0 bridgehead atoms. The number of aliphatic carboxylic acids is 1. The van der Waals surface area contributed by atoms with Crippen molar-refractivity contribution in [2.75, 3.05) is 6.61 Å². The second-order valence-corrected chi connectivity index (χ2v) is 5.92. The van der Waals surface area contributed by atoms with Gasteiger partial charge in [-0.25, -0.2) is 0 Å². The number of carboxylic acid groups (broad SMARTS) is 1. The van der Waals surface area contributed by atoms with Crippen LogP contribution in [0, 0.1) is 5.41 Å². The summed E-state index contributed by atoms with van der Waals surface area (Å²) in [7, 11) is 0. The van der Waals surface area contributed by atoms with Crippen LogP contribution in [0.1, 0.15) is 32.1 Å². The lowest BCUT2D eigenvalue weighted by molar-refractivity contribution is -0.137. The van der Waals surface area contributed by atoms with Crippen LogP contribution in [0.4, 0.5) is 5.69 Å². The molecule has 0 radical (unpaired) electrons. The van der Waals surface area contributed by atoms with Gasteiger partial charge in [-0.2, -0.15) is 0 Å². The molecule has 1 aliphatic heterocycles. The lowest BCUT2D eigenvalue weighted by Gasteiger charge is -2.11. The topological polar surface area (TPSA) is 95.1 Å². The zero-order chi connectivity index (χ0) is 17.4. The van der Waals surface area contributed by atoms with Gasteiger partial charge in [-0.1, -0.05) is 11.6 Å². The van der Waals surface area contributed by atoms with Crippen LogP contribution in [0.5, 0.6) is 5.75 Å². The van der Waals surface area contributed by atoms with E-state index in [2.05, 4.69) is 9.98 Å². The fourth-order valence-corrected chi connectivity index (χ4v) is 2.39. The molecule has 0 spiro atoms. The quantitative estimate of drug-likeness (QED) is 0.464. The highest BCUT2D eigenvalue weighted by atomic mass is 35.5. The zero-order valence-electron chi connectivity index (χ0n) is 13.2. The van der Waals surface area contributed by atoms with Crippen LogP contribution >= 0.6 is 11.6 Å². The lowest BCUT2D eigenvalue weighted by atomic mass is 10.1. The number of alkyl halides is 1. The number of halogens is 1. The summed E-state index contributed by atoms with van der Waals surface area (Å²) < 4.78 is 5.48. The molecule has 0 amide bonds. The first-order valence-electron chi connectivity index (χ1n) is 7.83. The summed E-state index contributed by atoms with van der Waals surface area (Å²) in [5.74, 6) is -0.154. The Balaban J connectivity index is 1.95. The Kier molecular flexibility index (Phi) is 6.93. The van der Waals surface area contributed by atoms with Crippen LogP contribution in [-0.4, -0.2) is 40.8 Å². The van der Waals surface area contributed by atoms with E-state index >= 15 is 0 Å². The van der Waals surface area contributed by atoms with Crippen molar-refractivity contribution in [2.45, 2.75) is 37.6 Å². The monoisotopic (exact) mass is 349 g/mol. The van der Waals surface area contributed by atoms with Gasteiger partial charge in [0.2, 0.25) is 0 Å². The molecule has 0 aromatic heterocycles. The highest BCUT2D eigenvalue weighted by Crippen LogP contribution is 2.20. The van der Waals surface area contributed by atoms with Gasteiger partial charge in [0.05, 0.1) is 23.7 Å². The van der Waals surface area contributed by atoms with E-state index < -0.39 is 5.97 Å². The van der Waals surface area contributed by atoms with Crippen LogP contribution in [0.2, 0.25) is 0 Å². The fraction of sp³-hybridized carbons (Fsp3) is 0.412. The zero-order valence-corrected chi connectivity index (χ0v) is 14.0. The van der Waals surface area contributed by atoms with Crippen molar-refractivity contribution >= 4 is 40.9 Å². The smallest absolute Gasteiger partial charge is 0.303 e. The SMILES string of the molecule is N=C1C=NC(Cl)CCCC1=Nc1ccc(OCCCC(=O)O)cc1. The predicted molar refractivity (Wildman–Crippen MR) is 95.6 cm³/mol. The number of benzene rings is 1. The van der Waals surface area contributed by atoms with Crippen LogP contribution in [-0.2, 0) is 4.79 Å². The summed E-state index contributed by atoms with van der Waals surface area (Å²) >= 11 is 5.97. The summed E-state index contributed by atoms with van der Waals surface area (Å²) in [6, 6.07) is 7.20. The number of hydrogen-bond donors (Lipinski definition) is 2. The van der Waals surface area contributed by atoms with Crippen LogP contribution in [0.25, 0.3) is 0 Å². The molecule has 1 aliphatic rings. The number of aliphatic imine (C=N–C) groups is 2. The number of nitrogens with one attached hydrogen (secondary N) is 1. The Hall–Kier alpha value is -2.21. The third kappa shape index (κ3) is 6.12. The summed E-state index contributed by atoms with van der Waals surface area (Å²) in [6.07, 6.45) is 4.35. The molecular weight excluding hydrogens is 330 g/mol. The van der Waals surface area contributed by atoms with Gasteiger partial charge >= 0.3 is 5.97 Å². The Morgan fingerprint density at radius 3 is 2.88 bits per heavy atom. The standard InChI is InChI=1S/C17H20ClN3O3/c18-16-4-1-3-15(14(19)11-20-16)21-12-6-8-13(9-7-12)24-10-2-5-17(22)23/h6-9,11,16,19H,1-5,10H2,(H,22,23). The van der Waals surface area contributed by atoms with Crippen molar-refractivity contribution in [1.29, 1.82) is 5.41 Å². The summed E-state index contributed by atoms with van der Waals surface area (Å²) in [4.78, 5) is 19.0. The third-order valence-corrected chi connectivity index (χ3v) is 3.77. The van der Waals surface area contributed by atoms with E-state index in [4.69, 9.17) is 26.9 Å². The molecule has 128 valence electrons. The molecule has 2 N–H and O–H groups in total. The van der Waals surface area contributed by atoms with E-state index in [0.29, 0.717) is 30.9 Å². The molecule has 24 heavy (non-hydrogen) atoms. The van der Waals surface area contributed by atoms with E-state index in [1.807, 2.05) is 12.1 Å². The largest absolute Gasteiger partial charge is 0.494 e. The fourth-order valence-electron chi connectivity index (χ4n) is 2.18. The van der Waals surface area contributed by atoms with Crippen molar-refractivity contribution in [1.82, 2.24) is 0 Å². The van der Waals surface area contributed by atoms with Gasteiger partial charge in [0.1, 0.15) is 11.3 Å². The first-order chi connectivity index (χ1) is 11.5. The normalized spacial score (nSPS) is 19.8. The van der Waals surface area contributed by atoms with Crippen molar-refractivity contribution in [3.05, 3.63) is 24.3 Å². The Labute approximate surface area is 145 Å². The van der Waals surface area contributed by atoms with E-state index in [9.17, 15) is 4.79 Å². The van der Waals surface area contributed by atoms with Crippen LogP contribution < -0.4 is 4.74 Å². The predicted octanol–water partition coefficient (Wildman–Crippen LogP) is 3.84. The maximum absolute atomic E-state index is 10.4. The second kappa shape index (κ2) is 9.17. The van der Waals surface area contributed by atoms with Crippen molar-refractivity contribution in [3.8, 4) is 5.75 Å². The second-order valence-electron chi connectivity index (χ2n) is 5.42. The number of nitrogens with zero attached hydrogens (tertiary/aromatic N) is 2. The molecule has 7 heteroatoms. The number of rotatable bonds is 6. The summed E-state index contributed by atoms with van der Waals surface area (Å²) in [5.41, 5.74) is 1.46. The highest BCUT2D eigenvalue weighted by Gasteiger charge is 2.12. The van der Waals surface area contributed by atoms with E-state index in [0.717, 1.165) is 18.5 Å². The lowest BCUT2D eigenvalue weighted by Crippen LogP contribution is -2.18. The maximum Gasteiger partial charge on any atom is 0.303 e. The number of carboxylic acids is 1. The van der Waals surface area contributed by atoms with Gasteiger partial charge in [0.25, 0.3) is 0 Å². The highest BCUT2D eigenvalue weighted by molar-refractivity contribution is 6.62. The minimum atomic E-state index is -0.824. The van der Waals surface area contributed by atoms with Gasteiger partial charge in [0.15, 0.2) is 0 Å². The van der Waals surface area contributed by atoms with Gasteiger partial charge in [0, 0.05) is 12.6 Å². The number of ether oxygens (including phenoxy) is 1. The molecule has 0 fully saturated rings. The molecular formula is C17H20ClN3O3. The van der Waals surface area contributed by atoms with Gasteiger partial charge in [-0.05, 0) is 49.9 Å². The van der Waals surface area contributed by atoms with Gasteiger partial charge in [-0.3, -0.25) is 20.2 Å². The Morgan fingerprint density at radius 2 is 2.17 bits per heavy atom. The van der Waals surface area contributed by atoms with Crippen LogP contribution in [0.3, 0.4) is 0 Å². The molecule has 1 atom stereocenters. The average molecular weight is 350 g/mol. The van der Waals surface area contributed by atoms with Gasteiger partial charge in [-0.15, -0.1) is 0 Å². The van der Waals surface area contributed by atoms with Crippen molar-refractivity contribution in [3.63, 3.8) is 0 Å². The van der Waals surface area contributed by atoms with E-state index in [1.165, 1.54) is 6.21 Å². The molecule has 0 aliphatic carbocycles. The van der Waals surface area contributed by atoms with E-state index in [1.54, 1.807) is 12.1 Å². The minimum absolute atomic E-state index is 0.0958. The molecule has 0 saturated heterocycles. The number of hydrogen-bond acceptors (Lipinski definition) is 5. The molecule has 1 aromatic rings. The Morgan fingerprint density at radius 1 is 1.42 bits per heavy atom. The minimum Gasteiger partial charge on any atom is -0.494 e. The maximum atomic E-state index is 10.4. The van der Waals surface area contributed by atoms with Gasteiger partial charge < -0.3 is 9.84 Å². The van der Waals surface area contributed by atoms with Crippen molar-refractivity contribution < 1.29 is 14.6 Å². The summed E-state index contributed by atoms with van der Waals surface area (Å²) in [6.45, 7) is 0.362. The Bertz CT molecular complexity index is 641. The third-order valence-electron chi connectivity index (χ3n) is 3.44. The molecule has 2 rings (SSSR count). The molecule has 1 aromatic carbocycles. The molecule has 1 heterocycles. The number of carbonyl (C=O) groups is 1. The first-order valence-corrected chi connectivity index (χ1v) is 8.26. The van der Waals surface area contributed by atoms with E-state index in [-0.39, 0.29) is 17.6 Å². The van der Waals surface area contributed by atoms with Crippen molar-refractivity contribution in [2.24, 2.45) is 9.98 Å². The molecule has 0 saturated carbocycles. The molecule has 6 nitrogen and oxygen atoms in total. The summed E-state index contributed by atoms with van der Waals surface area (Å²) in [5, 5.41) is 16.6. The van der Waals surface area contributed by atoms with Crippen LogP contribution in [0.15, 0.2) is 34.3 Å².